The first kappa shape index (κ1) is 16.2. The third-order valence-corrected chi connectivity index (χ3v) is 5.92. The van der Waals surface area contributed by atoms with Gasteiger partial charge in [-0.15, -0.1) is 11.3 Å². The quantitative estimate of drug-likeness (QED) is 0.653. The molecule has 0 aliphatic carbocycles. The number of rotatable bonds is 3. The number of fused-ring (bicyclic) bond motifs is 1. The minimum Gasteiger partial charge on any atom is -0.273 e. The van der Waals surface area contributed by atoms with Crippen molar-refractivity contribution in [3.63, 3.8) is 0 Å². The molecule has 5 nitrogen and oxygen atoms in total. The number of carbonyl (C=O) groups is 2. The maximum atomic E-state index is 13.3. The smallest absolute Gasteiger partial charge is 0.266 e. The number of nitrogens with zero attached hydrogens (tertiary/aromatic N) is 2. The zero-order chi connectivity index (χ0) is 18.4. The summed E-state index contributed by atoms with van der Waals surface area (Å²) < 4.78 is 0. The molecule has 2 fully saturated rings. The second kappa shape index (κ2) is 6.33. The van der Waals surface area contributed by atoms with Crippen molar-refractivity contribution in [3.05, 3.63) is 83.1 Å². The Kier molecular flexibility index (Phi) is 3.81. The first-order chi connectivity index (χ1) is 13.3. The van der Waals surface area contributed by atoms with Gasteiger partial charge in [0.05, 0.1) is 11.4 Å². The molecule has 2 amide bonds. The van der Waals surface area contributed by atoms with Gasteiger partial charge in [-0.3, -0.25) is 14.4 Å². The zero-order valence-corrected chi connectivity index (χ0v) is 15.1. The number of para-hydroxylation sites is 2. The number of carbonyl (C=O) groups excluding carboxylic acids is 2. The maximum absolute atomic E-state index is 13.3. The highest BCUT2D eigenvalue weighted by Gasteiger charge is 2.60. The van der Waals surface area contributed by atoms with Crippen molar-refractivity contribution in [2.24, 2.45) is 5.92 Å². The molecule has 0 spiro atoms. The van der Waals surface area contributed by atoms with Gasteiger partial charge in [0.2, 0.25) is 5.91 Å². The van der Waals surface area contributed by atoms with Gasteiger partial charge in [-0.1, -0.05) is 42.5 Å². The largest absolute Gasteiger partial charge is 0.273 e. The summed E-state index contributed by atoms with van der Waals surface area (Å²) in [5.74, 6) is -1.10. The number of hydroxylamine groups is 1. The Bertz CT molecular complexity index is 975. The molecular weight excluding hydrogens is 360 g/mol. The van der Waals surface area contributed by atoms with E-state index in [4.69, 9.17) is 4.84 Å². The van der Waals surface area contributed by atoms with Gasteiger partial charge < -0.3 is 0 Å². The van der Waals surface area contributed by atoms with Crippen LogP contribution in [0.2, 0.25) is 0 Å². The predicted molar refractivity (Wildman–Crippen MR) is 103 cm³/mol. The summed E-state index contributed by atoms with van der Waals surface area (Å²) in [5, 5.41) is 3.70. The van der Waals surface area contributed by atoms with Crippen LogP contribution < -0.4 is 9.96 Å². The molecule has 2 saturated heterocycles. The van der Waals surface area contributed by atoms with Crippen molar-refractivity contribution >= 4 is 34.5 Å². The minimum absolute atomic E-state index is 0.215. The fourth-order valence-electron chi connectivity index (χ4n) is 3.79. The molecule has 0 unspecified atom stereocenters. The molecule has 2 aromatic carbocycles. The second-order valence-corrected chi connectivity index (χ2v) is 7.50. The molecule has 0 radical (unpaired) electrons. The summed E-state index contributed by atoms with van der Waals surface area (Å²) in [6.07, 6.45) is -0.815. The van der Waals surface area contributed by atoms with Crippen molar-refractivity contribution < 1.29 is 14.4 Å². The molecule has 0 bridgehead atoms. The Labute approximate surface area is 160 Å². The lowest BCUT2D eigenvalue weighted by Crippen LogP contribution is -2.37. The Hall–Kier alpha value is -2.96. The molecule has 6 heteroatoms. The van der Waals surface area contributed by atoms with Crippen molar-refractivity contribution in [3.8, 4) is 0 Å². The van der Waals surface area contributed by atoms with Crippen LogP contribution >= 0.6 is 11.3 Å². The van der Waals surface area contributed by atoms with E-state index in [9.17, 15) is 9.59 Å². The fourth-order valence-corrected chi connectivity index (χ4v) is 4.65. The Balaban J connectivity index is 1.58. The number of hydrogen-bond donors (Lipinski definition) is 0. The number of hydrogen-bond acceptors (Lipinski definition) is 5. The molecular formula is C21H16N2O3S. The maximum Gasteiger partial charge on any atom is 0.266 e. The topological polar surface area (TPSA) is 49.9 Å². The van der Waals surface area contributed by atoms with Crippen LogP contribution in [-0.4, -0.2) is 17.9 Å². The molecule has 3 heterocycles. The Morgan fingerprint density at radius 2 is 1.44 bits per heavy atom. The summed E-state index contributed by atoms with van der Waals surface area (Å²) in [4.78, 5) is 34.7. The van der Waals surface area contributed by atoms with Crippen LogP contribution in [0.3, 0.4) is 0 Å². The van der Waals surface area contributed by atoms with Gasteiger partial charge in [-0.05, 0) is 35.7 Å². The van der Waals surface area contributed by atoms with E-state index in [1.165, 1.54) is 4.90 Å². The van der Waals surface area contributed by atoms with Crippen LogP contribution in [0.15, 0.2) is 78.2 Å². The van der Waals surface area contributed by atoms with Crippen molar-refractivity contribution in [1.29, 1.82) is 0 Å². The highest BCUT2D eigenvalue weighted by atomic mass is 32.1. The summed E-state index contributed by atoms with van der Waals surface area (Å²) >= 11 is 1.56. The van der Waals surface area contributed by atoms with Gasteiger partial charge in [0.1, 0.15) is 12.0 Å². The van der Waals surface area contributed by atoms with E-state index in [2.05, 4.69) is 0 Å². The lowest BCUT2D eigenvalue weighted by Gasteiger charge is -2.27. The van der Waals surface area contributed by atoms with Crippen LogP contribution in [0.25, 0.3) is 0 Å². The van der Waals surface area contributed by atoms with Crippen LogP contribution in [0.5, 0.6) is 0 Å². The summed E-state index contributed by atoms with van der Waals surface area (Å²) in [6.45, 7) is 0. The number of anilines is 2. The highest BCUT2D eigenvalue weighted by Crippen LogP contribution is 2.48. The Morgan fingerprint density at radius 1 is 0.778 bits per heavy atom. The molecule has 2 aliphatic rings. The molecule has 134 valence electrons. The monoisotopic (exact) mass is 376 g/mol. The van der Waals surface area contributed by atoms with Gasteiger partial charge in [-0.2, -0.15) is 0 Å². The number of thiophene rings is 1. The average molecular weight is 376 g/mol. The van der Waals surface area contributed by atoms with Gasteiger partial charge in [0.25, 0.3) is 5.91 Å². The standard InChI is InChI=1S/C21H16N2O3S/c24-20-17-18(16-12-7-13-27-16)23(15-10-5-2-6-11-15)26-19(17)21(25)22(20)14-8-3-1-4-9-14/h1-13,17-19H/t17-,18-,19+/m0/s1. The lowest BCUT2D eigenvalue weighted by atomic mass is 9.95. The number of amides is 2. The zero-order valence-electron chi connectivity index (χ0n) is 14.3. The third-order valence-electron chi connectivity index (χ3n) is 4.98. The molecule has 0 saturated carbocycles. The van der Waals surface area contributed by atoms with E-state index in [0.717, 1.165) is 10.6 Å². The second-order valence-electron chi connectivity index (χ2n) is 6.52. The molecule has 27 heavy (non-hydrogen) atoms. The van der Waals surface area contributed by atoms with E-state index in [1.807, 2.05) is 66.0 Å². The average Bonchev–Trinajstić information content (AvgIpc) is 3.41. The highest BCUT2D eigenvalue weighted by molar-refractivity contribution is 7.10. The Morgan fingerprint density at radius 3 is 2.07 bits per heavy atom. The normalized spacial score (nSPS) is 24.5. The van der Waals surface area contributed by atoms with Gasteiger partial charge in [-0.25, -0.2) is 9.96 Å². The van der Waals surface area contributed by atoms with Gasteiger partial charge in [0, 0.05) is 4.88 Å². The van der Waals surface area contributed by atoms with Crippen LogP contribution in [0.4, 0.5) is 11.4 Å². The SMILES string of the molecule is O=C1[C@@H]2[C@@H](ON(c3ccccc3)[C@H]2c2cccs2)C(=O)N1c1ccccc1. The summed E-state index contributed by atoms with van der Waals surface area (Å²) in [6, 6.07) is 22.2. The van der Waals surface area contributed by atoms with E-state index < -0.39 is 12.0 Å². The first-order valence-corrected chi connectivity index (χ1v) is 9.61. The van der Waals surface area contributed by atoms with Crippen molar-refractivity contribution in [1.82, 2.24) is 0 Å². The molecule has 0 N–H and O–H groups in total. The number of benzene rings is 2. The fraction of sp³-hybridized carbons (Fsp3) is 0.143. The molecule has 2 aliphatic heterocycles. The molecule has 1 aromatic heterocycles. The van der Waals surface area contributed by atoms with Gasteiger partial charge in [0.15, 0.2) is 6.10 Å². The molecule has 3 atom stereocenters. The van der Waals surface area contributed by atoms with Gasteiger partial charge >= 0.3 is 0 Å². The van der Waals surface area contributed by atoms with Crippen molar-refractivity contribution in [2.45, 2.75) is 12.1 Å². The van der Waals surface area contributed by atoms with E-state index >= 15 is 0 Å². The molecule has 5 rings (SSSR count). The number of imide groups is 1. The third kappa shape index (κ3) is 2.49. The van der Waals surface area contributed by atoms with E-state index in [0.29, 0.717) is 5.69 Å². The summed E-state index contributed by atoms with van der Waals surface area (Å²) in [5.41, 5.74) is 1.42. The van der Waals surface area contributed by atoms with Crippen LogP contribution in [0, 0.1) is 5.92 Å². The van der Waals surface area contributed by atoms with Crippen LogP contribution in [-0.2, 0) is 14.4 Å². The van der Waals surface area contributed by atoms with E-state index in [1.54, 1.807) is 28.5 Å². The summed E-state index contributed by atoms with van der Waals surface area (Å²) in [7, 11) is 0. The first-order valence-electron chi connectivity index (χ1n) is 8.73. The molecule has 3 aromatic rings. The van der Waals surface area contributed by atoms with E-state index in [-0.39, 0.29) is 17.9 Å². The van der Waals surface area contributed by atoms with Crippen LogP contribution in [0.1, 0.15) is 10.9 Å². The lowest BCUT2D eigenvalue weighted by molar-refractivity contribution is -0.126. The minimum atomic E-state index is -0.815. The predicted octanol–water partition coefficient (Wildman–Crippen LogP) is 3.80. The van der Waals surface area contributed by atoms with Crippen molar-refractivity contribution in [2.75, 3.05) is 9.96 Å².